The molecule has 0 aliphatic carbocycles. The maximum Gasteiger partial charge on any atom is 0.0641 e. The zero-order valence-electron chi connectivity index (χ0n) is 10.2. The highest BCUT2D eigenvalue weighted by atomic mass is 16.5. The maximum atomic E-state index is 5.71. The second kappa shape index (κ2) is 4.97. The molecule has 2 rings (SSSR count). The van der Waals surface area contributed by atoms with Crippen LogP contribution in [0.4, 0.5) is 0 Å². The van der Waals surface area contributed by atoms with Gasteiger partial charge in [0.25, 0.3) is 0 Å². The van der Waals surface area contributed by atoms with E-state index in [1.54, 1.807) is 0 Å². The minimum atomic E-state index is 0.435. The van der Waals surface area contributed by atoms with Crippen LogP contribution in [0.2, 0.25) is 0 Å². The molecule has 0 saturated carbocycles. The van der Waals surface area contributed by atoms with Crippen LogP contribution in [-0.2, 0) is 17.8 Å². The highest BCUT2D eigenvalue weighted by molar-refractivity contribution is 5.23. The molecule has 4 nitrogen and oxygen atoms in total. The summed E-state index contributed by atoms with van der Waals surface area (Å²) in [4.78, 5) is 0. The summed E-state index contributed by atoms with van der Waals surface area (Å²) in [5.41, 5.74) is 9.16. The van der Waals surface area contributed by atoms with E-state index >= 15 is 0 Å². The molecular weight excluding hydrogens is 202 g/mol. The molecule has 2 N–H and O–H groups in total. The van der Waals surface area contributed by atoms with E-state index in [1.807, 2.05) is 6.92 Å². The van der Waals surface area contributed by atoms with Crippen molar-refractivity contribution in [2.45, 2.75) is 52.3 Å². The van der Waals surface area contributed by atoms with Crippen molar-refractivity contribution in [2.75, 3.05) is 6.61 Å². The summed E-state index contributed by atoms with van der Waals surface area (Å²) in [7, 11) is 0. The van der Waals surface area contributed by atoms with Crippen LogP contribution in [0, 0.1) is 13.8 Å². The first-order valence-electron chi connectivity index (χ1n) is 6.07. The fourth-order valence-electron chi connectivity index (χ4n) is 2.39. The first-order valence-corrected chi connectivity index (χ1v) is 6.07. The third-order valence-corrected chi connectivity index (χ3v) is 3.42. The molecule has 0 bridgehead atoms. The number of rotatable bonds is 4. The van der Waals surface area contributed by atoms with Gasteiger partial charge in [-0.2, -0.15) is 5.10 Å². The van der Waals surface area contributed by atoms with E-state index in [-0.39, 0.29) is 0 Å². The molecule has 1 unspecified atom stereocenters. The molecule has 1 atom stereocenters. The van der Waals surface area contributed by atoms with Crippen molar-refractivity contribution in [3.05, 3.63) is 17.0 Å². The van der Waals surface area contributed by atoms with Crippen molar-refractivity contribution in [3.63, 3.8) is 0 Å². The van der Waals surface area contributed by atoms with E-state index < -0.39 is 0 Å². The Bertz CT molecular complexity index is 353. The summed E-state index contributed by atoms with van der Waals surface area (Å²) >= 11 is 0. The monoisotopic (exact) mass is 223 g/mol. The molecule has 0 aromatic carbocycles. The Kier molecular flexibility index (Phi) is 3.61. The lowest BCUT2D eigenvalue weighted by molar-refractivity contribution is 0.0992. The summed E-state index contributed by atoms with van der Waals surface area (Å²) in [6.07, 6.45) is 3.90. The van der Waals surface area contributed by atoms with Gasteiger partial charge in [0.05, 0.1) is 11.8 Å². The first-order chi connectivity index (χ1) is 7.72. The third-order valence-electron chi connectivity index (χ3n) is 3.42. The Morgan fingerprint density at radius 2 is 2.31 bits per heavy atom. The Morgan fingerprint density at radius 3 is 2.88 bits per heavy atom. The number of ether oxygens (including phenoxy) is 1. The number of aryl methyl sites for hydroxylation is 2. The standard InChI is InChI=1S/C12H21N3O/c1-9-12(8-13)10(2)15(14-9)6-5-11-4-3-7-16-11/h11H,3-8,13H2,1-2H3. The zero-order valence-corrected chi connectivity index (χ0v) is 10.2. The molecule has 0 amide bonds. The molecule has 90 valence electrons. The van der Waals surface area contributed by atoms with Gasteiger partial charge < -0.3 is 10.5 Å². The topological polar surface area (TPSA) is 53.1 Å². The van der Waals surface area contributed by atoms with Crippen LogP contribution in [-0.4, -0.2) is 22.5 Å². The van der Waals surface area contributed by atoms with Crippen LogP contribution in [0.15, 0.2) is 0 Å². The number of hydrogen-bond acceptors (Lipinski definition) is 3. The van der Waals surface area contributed by atoms with Gasteiger partial charge in [-0.25, -0.2) is 0 Å². The summed E-state index contributed by atoms with van der Waals surface area (Å²) in [6.45, 7) is 6.57. The van der Waals surface area contributed by atoms with E-state index in [2.05, 4.69) is 16.7 Å². The maximum absolute atomic E-state index is 5.71. The van der Waals surface area contributed by atoms with Crippen LogP contribution < -0.4 is 5.73 Å². The van der Waals surface area contributed by atoms with Crippen molar-refractivity contribution >= 4 is 0 Å². The molecule has 1 aromatic rings. The van der Waals surface area contributed by atoms with Crippen molar-refractivity contribution in [1.82, 2.24) is 9.78 Å². The Hall–Kier alpha value is -0.870. The van der Waals surface area contributed by atoms with Gasteiger partial charge >= 0.3 is 0 Å². The van der Waals surface area contributed by atoms with E-state index in [4.69, 9.17) is 10.5 Å². The molecule has 1 saturated heterocycles. The van der Waals surface area contributed by atoms with Crippen LogP contribution in [0.25, 0.3) is 0 Å². The molecule has 1 aromatic heterocycles. The lowest BCUT2D eigenvalue weighted by Gasteiger charge is -2.10. The Balaban J connectivity index is 1.98. The summed E-state index contributed by atoms with van der Waals surface area (Å²) in [6, 6.07) is 0. The van der Waals surface area contributed by atoms with Crippen LogP contribution >= 0.6 is 0 Å². The molecule has 16 heavy (non-hydrogen) atoms. The van der Waals surface area contributed by atoms with Gasteiger partial charge in [0.2, 0.25) is 0 Å². The van der Waals surface area contributed by atoms with Crippen molar-refractivity contribution in [2.24, 2.45) is 5.73 Å². The minimum Gasteiger partial charge on any atom is -0.378 e. The third kappa shape index (κ3) is 2.28. The highest BCUT2D eigenvalue weighted by Crippen LogP contribution is 2.18. The van der Waals surface area contributed by atoms with Crippen molar-refractivity contribution < 1.29 is 4.74 Å². The molecular formula is C12H21N3O. The van der Waals surface area contributed by atoms with Gasteiger partial charge in [-0.15, -0.1) is 0 Å². The quantitative estimate of drug-likeness (QED) is 0.842. The normalized spacial score (nSPS) is 20.6. The average Bonchev–Trinajstić information content (AvgIpc) is 2.85. The largest absolute Gasteiger partial charge is 0.378 e. The molecule has 0 spiro atoms. The van der Waals surface area contributed by atoms with E-state index in [0.29, 0.717) is 12.6 Å². The van der Waals surface area contributed by atoms with Crippen LogP contribution in [0.5, 0.6) is 0 Å². The molecule has 1 fully saturated rings. The van der Waals surface area contributed by atoms with Gasteiger partial charge in [-0.05, 0) is 33.1 Å². The fraction of sp³-hybridized carbons (Fsp3) is 0.750. The van der Waals surface area contributed by atoms with E-state index in [9.17, 15) is 0 Å². The Morgan fingerprint density at radius 1 is 1.50 bits per heavy atom. The minimum absolute atomic E-state index is 0.435. The van der Waals surface area contributed by atoms with Gasteiger partial charge in [0, 0.05) is 31.0 Å². The van der Waals surface area contributed by atoms with Gasteiger partial charge in [0.15, 0.2) is 0 Å². The van der Waals surface area contributed by atoms with Gasteiger partial charge in [-0.1, -0.05) is 0 Å². The second-order valence-corrected chi connectivity index (χ2v) is 4.50. The number of nitrogens with two attached hydrogens (primary N) is 1. The predicted octanol–water partition coefficient (Wildman–Crippen LogP) is 1.53. The van der Waals surface area contributed by atoms with Crippen LogP contribution in [0.1, 0.15) is 36.2 Å². The molecule has 0 radical (unpaired) electrons. The predicted molar refractivity (Wildman–Crippen MR) is 63.2 cm³/mol. The summed E-state index contributed by atoms with van der Waals surface area (Å²) in [5, 5.41) is 4.52. The smallest absolute Gasteiger partial charge is 0.0641 e. The fourth-order valence-corrected chi connectivity index (χ4v) is 2.39. The summed E-state index contributed by atoms with van der Waals surface area (Å²) in [5.74, 6) is 0. The van der Waals surface area contributed by atoms with Gasteiger partial charge in [0.1, 0.15) is 0 Å². The average molecular weight is 223 g/mol. The van der Waals surface area contributed by atoms with E-state index in [1.165, 1.54) is 24.1 Å². The Labute approximate surface area is 96.8 Å². The number of aromatic nitrogens is 2. The lowest BCUT2D eigenvalue weighted by Crippen LogP contribution is -2.12. The number of hydrogen-bond donors (Lipinski definition) is 1. The molecule has 1 aliphatic heterocycles. The lowest BCUT2D eigenvalue weighted by atomic mass is 10.2. The molecule has 4 heteroatoms. The van der Waals surface area contributed by atoms with Crippen LogP contribution in [0.3, 0.4) is 0 Å². The van der Waals surface area contributed by atoms with E-state index in [0.717, 1.165) is 25.3 Å². The number of nitrogens with zero attached hydrogens (tertiary/aromatic N) is 2. The second-order valence-electron chi connectivity index (χ2n) is 4.50. The van der Waals surface area contributed by atoms with Gasteiger partial charge in [-0.3, -0.25) is 4.68 Å². The van der Waals surface area contributed by atoms with Crippen molar-refractivity contribution in [1.29, 1.82) is 0 Å². The molecule has 2 heterocycles. The van der Waals surface area contributed by atoms with Crippen molar-refractivity contribution in [3.8, 4) is 0 Å². The molecule has 1 aliphatic rings. The SMILES string of the molecule is Cc1nn(CCC2CCCO2)c(C)c1CN. The summed E-state index contributed by atoms with van der Waals surface area (Å²) < 4.78 is 7.68. The highest BCUT2D eigenvalue weighted by Gasteiger charge is 2.16. The zero-order chi connectivity index (χ0) is 11.5. The first kappa shape index (κ1) is 11.6.